The molecule has 96 valence electrons. The summed E-state index contributed by atoms with van der Waals surface area (Å²) in [5, 5.41) is 9.16. The van der Waals surface area contributed by atoms with Crippen molar-refractivity contribution < 1.29 is 4.79 Å². The van der Waals surface area contributed by atoms with Crippen LogP contribution in [0.25, 0.3) is 0 Å². The molecule has 0 unspecified atom stereocenters. The van der Waals surface area contributed by atoms with Crippen LogP contribution in [0.15, 0.2) is 5.10 Å². The van der Waals surface area contributed by atoms with Gasteiger partial charge in [0.05, 0.1) is 12.1 Å². The second-order valence-corrected chi connectivity index (χ2v) is 5.48. The Morgan fingerprint density at radius 3 is 2.71 bits per heavy atom. The quantitative estimate of drug-likeness (QED) is 0.807. The largest absolute Gasteiger partial charge is 0.314 e. The Labute approximate surface area is 103 Å². The lowest BCUT2D eigenvalue weighted by molar-refractivity contribution is -0.129. The second-order valence-electron chi connectivity index (χ2n) is 5.48. The van der Waals surface area contributed by atoms with Crippen LogP contribution in [0.1, 0.15) is 39.0 Å². The number of amides is 1. The van der Waals surface area contributed by atoms with Crippen LogP contribution >= 0.6 is 0 Å². The molecule has 1 aliphatic carbocycles. The highest BCUT2D eigenvalue weighted by molar-refractivity contribution is 6.05. The van der Waals surface area contributed by atoms with Crippen LogP contribution in [-0.4, -0.2) is 36.8 Å². The molecule has 0 saturated heterocycles. The number of nitrogens with one attached hydrogen (secondary N) is 1. The smallest absolute Gasteiger partial charge is 0.248 e. The Kier molecular flexibility index (Phi) is 4.15. The van der Waals surface area contributed by atoms with E-state index in [0.717, 1.165) is 24.7 Å². The lowest BCUT2D eigenvalue weighted by atomic mass is 9.83. The highest BCUT2D eigenvalue weighted by atomic mass is 16.2. The van der Waals surface area contributed by atoms with E-state index in [0.29, 0.717) is 12.3 Å². The first-order valence-electron chi connectivity index (χ1n) is 6.70. The SMILES string of the molecule is CNCC1=NN(CC2CCC(C)CC2)C(=O)C1. The molecular weight excluding hydrogens is 214 g/mol. The number of rotatable bonds is 4. The number of hydrogen-bond acceptors (Lipinski definition) is 3. The van der Waals surface area contributed by atoms with Gasteiger partial charge in [0.15, 0.2) is 0 Å². The highest BCUT2D eigenvalue weighted by Gasteiger charge is 2.27. The van der Waals surface area contributed by atoms with Gasteiger partial charge in [-0.2, -0.15) is 5.10 Å². The normalized spacial score (nSPS) is 29.6. The van der Waals surface area contributed by atoms with Crippen LogP contribution in [0.4, 0.5) is 0 Å². The van der Waals surface area contributed by atoms with Gasteiger partial charge in [0.1, 0.15) is 0 Å². The standard InChI is InChI=1S/C13H23N3O/c1-10-3-5-11(6-4-10)9-16-13(17)7-12(15-16)8-14-2/h10-11,14H,3-9H2,1-2H3. The van der Waals surface area contributed by atoms with Gasteiger partial charge in [0.25, 0.3) is 0 Å². The summed E-state index contributed by atoms with van der Waals surface area (Å²) in [4.78, 5) is 11.8. The molecular formula is C13H23N3O. The molecule has 0 aromatic heterocycles. The highest BCUT2D eigenvalue weighted by Crippen LogP contribution is 2.29. The minimum absolute atomic E-state index is 0.175. The molecule has 1 amide bonds. The summed E-state index contributed by atoms with van der Waals surface area (Å²) in [6, 6.07) is 0. The molecule has 1 heterocycles. The Hall–Kier alpha value is -0.900. The van der Waals surface area contributed by atoms with Crippen molar-refractivity contribution in [2.75, 3.05) is 20.1 Å². The summed E-state index contributed by atoms with van der Waals surface area (Å²) in [6.07, 6.45) is 5.62. The predicted molar refractivity (Wildman–Crippen MR) is 68.8 cm³/mol. The van der Waals surface area contributed by atoms with Crippen LogP contribution < -0.4 is 5.32 Å². The molecule has 0 aromatic carbocycles. The fourth-order valence-corrected chi connectivity index (χ4v) is 2.73. The molecule has 4 nitrogen and oxygen atoms in total. The molecule has 4 heteroatoms. The molecule has 1 fully saturated rings. The Morgan fingerprint density at radius 1 is 1.35 bits per heavy atom. The minimum atomic E-state index is 0.175. The van der Waals surface area contributed by atoms with E-state index in [4.69, 9.17) is 0 Å². The Morgan fingerprint density at radius 2 is 2.06 bits per heavy atom. The first kappa shape index (κ1) is 12.6. The molecule has 0 atom stereocenters. The van der Waals surface area contributed by atoms with Gasteiger partial charge in [0.2, 0.25) is 5.91 Å². The molecule has 2 aliphatic rings. The topological polar surface area (TPSA) is 44.7 Å². The van der Waals surface area contributed by atoms with Crippen LogP contribution in [0, 0.1) is 11.8 Å². The van der Waals surface area contributed by atoms with Crippen molar-refractivity contribution in [2.45, 2.75) is 39.0 Å². The number of hydrazone groups is 1. The summed E-state index contributed by atoms with van der Waals surface area (Å²) in [6.45, 7) is 3.88. The average Bonchev–Trinajstić information content (AvgIpc) is 2.63. The van der Waals surface area contributed by atoms with Gasteiger partial charge < -0.3 is 5.32 Å². The van der Waals surface area contributed by atoms with E-state index >= 15 is 0 Å². The van der Waals surface area contributed by atoms with E-state index in [2.05, 4.69) is 17.3 Å². The first-order chi connectivity index (χ1) is 8.19. The van der Waals surface area contributed by atoms with Gasteiger partial charge >= 0.3 is 0 Å². The number of carbonyl (C=O) groups is 1. The zero-order chi connectivity index (χ0) is 12.3. The van der Waals surface area contributed by atoms with Gasteiger partial charge in [0, 0.05) is 13.1 Å². The lowest BCUT2D eigenvalue weighted by Crippen LogP contribution is -2.29. The summed E-state index contributed by atoms with van der Waals surface area (Å²) in [7, 11) is 1.89. The van der Waals surface area contributed by atoms with E-state index in [1.807, 2.05) is 7.05 Å². The van der Waals surface area contributed by atoms with E-state index in [9.17, 15) is 4.79 Å². The van der Waals surface area contributed by atoms with E-state index in [1.54, 1.807) is 5.01 Å². The third kappa shape index (κ3) is 3.28. The van der Waals surface area contributed by atoms with Crippen LogP contribution in [0.3, 0.4) is 0 Å². The molecule has 17 heavy (non-hydrogen) atoms. The number of carbonyl (C=O) groups excluding carboxylic acids is 1. The second kappa shape index (κ2) is 5.63. The van der Waals surface area contributed by atoms with Crippen molar-refractivity contribution in [3.8, 4) is 0 Å². The molecule has 0 radical (unpaired) electrons. The average molecular weight is 237 g/mol. The first-order valence-corrected chi connectivity index (χ1v) is 6.70. The molecule has 0 bridgehead atoms. The van der Waals surface area contributed by atoms with Crippen molar-refractivity contribution in [1.82, 2.24) is 10.3 Å². The Balaban J connectivity index is 1.84. The van der Waals surface area contributed by atoms with Crippen molar-refractivity contribution in [3.63, 3.8) is 0 Å². The van der Waals surface area contributed by atoms with Crippen molar-refractivity contribution in [3.05, 3.63) is 0 Å². The summed E-state index contributed by atoms with van der Waals surface area (Å²) in [5.74, 6) is 1.70. The predicted octanol–water partition coefficient (Wildman–Crippen LogP) is 1.62. The molecule has 0 aromatic rings. The van der Waals surface area contributed by atoms with E-state index in [-0.39, 0.29) is 5.91 Å². The fourth-order valence-electron chi connectivity index (χ4n) is 2.73. The van der Waals surface area contributed by atoms with Crippen molar-refractivity contribution >= 4 is 11.6 Å². The van der Waals surface area contributed by atoms with Crippen LogP contribution in [-0.2, 0) is 4.79 Å². The van der Waals surface area contributed by atoms with Crippen LogP contribution in [0.2, 0.25) is 0 Å². The maximum absolute atomic E-state index is 11.8. The fraction of sp³-hybridized carbons (Fsp3) is 0.846. The van der Waals surface area contributed by atoms with Gasteiger partial charge in [-0.25, -0.2) is 5.01 Å². The summed E-state index contributed by atoms with van der Waals surface area (Å²) >= 11 is 0. The maximum Gasteiger partial charge on any atom is 0.248 e. The summed E-state index contributed by atoms with van der Waals surface area (Å²) in [5.41, 5.74) is 0.974. The van der Waals surface area contributed by atoms with Crippen molar-refractivity contribution in [2.24, 2.45) is 16.9 Å². The zero-order valence-corrected chi connectivity index (χ0v) is 10.9. The van der Waals surface area contributed by atoms with Gasteiger partial charge in [-0.1, -0.05) is 19.8 Å². The molecule has 2 rings (SSSR count). The molecule has 1 saturated carbocycles. The molecule has 1 aliphatic heterocycles. The third-order valence-electron chi connectivity index (χ3n) is 3.85. The monoisotopic (exact) mass is 237 g/mol. The number of hydrogen-bond donors (Lipinski definition) is 1. The zero-order valence-electron chi connectivity index (χ0n) is 10.9. The molecule has 0 spiro atoms. The van der Waals surface area contributed by atoms with Gasteiger partial charge in [-0.15, -0.1) is 0 Å². The van der Waals surface area contributed by atoms with Crippen LogP contribution in [0.5, 0.6) is 0 Å². The third-order valence-corrected chi connectivity index (χ3v) is 3.85. The Bertz CT molecular complexity index is 306. The van der Waals surface area contributed by atoms with E-state index in [1.165, 1.54) is 25.7 Å². The van der Waals surface area contributed by atoms with Gasteiger partial charge in [-0.05, 0) is 31.7 Å². The molecule has 1 N–H and O–H groups in total. The van der Waals surface area contributed by atoms with Crippen molar-refractivity contribution in [1.29, 1.82) is 0 Å². The van der Waals surface area contributed by atoms with Gasteiger partial charge in [-0.3, -0.25) is 4.79 Å². The summed E-state index contributed by atoms with van der Waals surface area (Å²) < 4.78 is 0. The maximum atomic E-state index is 11.8. The number of nitrogens with zero attached hydrogens (tertiary/aromatic N) is 2. The minimum Gasteiger partial charge on any atom is -0.314 e. The lowest BCUT2D eigenvalue weighted by Gasteiger charge is -2.28. The van der Waals surface area contributed by atoms with E-state index < -0.39 is 0 Å².